The number of nitrogens with zero attached hydrogens (tertiary/aromatic N) is 1. The Morgan fingerprint density at radius 1 is 1.40 bits per heavy atom. The van der Waals surface area contributed by atoms with E-state index in [9.17, 15) is 9.59 Å². The molecular weight excluding hydrogens is 260 g/mol. The van der Waals surface area contributed by atoms with Gasteiger partial charge in [0.2, 0.25) is 0 Å². The van der Waals surface area contributed by atoms with Crippen molar-refractivity contribution in [2.45, 2.75) is 18.9 Å². The Morgan fingerprint density at radius 2 is 2.05 bits per heavy atom. The molecule has 1 aliphatic heterocycles. The van der Waals surface area contributed by atoms with E-state index in [0.717, 1.165) is 0 Å². The highest BCUT2D eigenvalue weighted by Gasteiger charge is 2.43. The van der Waals surface area contributed by atoms with Gasteiger partial charge in [0.25, 0.3) is 5.91 Å². The van der Waals surface area contributed by atoms with Gasteiger partial charge >= 0.3 is 5.97 Å². The van der Waals surface area contributed by atoms with Gasteiger partial charge in [-0.3, -0.25) is 9.59 Å². The predicted octanol–water partition coefficient (Wildman–Crippen LogP) is 0.713. The van der Waals surface area contributed by atoms with Crippen LogP contribution in [-0.2, 0) is 4.79 Å². The van der Waals surface area contributed by atoms with Crippen LogP contribution in [0.4, 0.5) is 0 Å². The van der Waals surface area contributed by atoms with Crippen LogP contribution in [0.1, 0.15) is 23.7 Å². The van der Waals surface area contributed by atoms with Crippen molar-refractivity contribution in [2.24, 2.45) is 5.73 Å². The molecule has 0 bridgehead atoms. The molecule has 1 fully saturated rings. The van der Waals surface area contributed by atoms with Crippen molar-refractivity contribution in [1.29, 1.82) is 0 Å². The average molecular weight is 278 g/mol. The average Bonchev–Trinajstić information content (AvgIpc) is 2.83. The monoisotopic (exact) mass is 278 g/mol. The Morgan fingerprint density at radius 3 is 2.55 bits per heavy atom. The maximum Gasteiger partial charge on any atom is 0.325 e. The SMILES string of the molecule is CCOc1ccc(C(=O)N2CCC(N)(C(=O)O)C2)cc1. The standard InChI is InChI=1S/C14H18N2O4/c1-2-20-11-5-3-10(4-6-11)12(17)16-8-7-14(15,9-16)13(18)19/h3-6H,2,7-9,15H2,1H3,(H,18,19). The number of nitrogens with two attached hydrogens (primary N) is 1. The largest absolute Gasteiger partial charge is 0.494 e. The second-order valence-corrected chi connectivity index (χ2v) is 4.90. The van der Waals surface area contributed by atoms with Gasteiger partial charge in [0.1, 0.15) is 11.3 Å². The molecule has 0 aliphatic carbocycles. The van der Waals surface area contributed by atoms with Crippen LogP contribution in [0.25, 0.3) is 0 Å². The number of rotatable bonds is 4. The summed E-state index contributed by atoms with van der Waals surface area (Å²) in [5.74, 6) is -0.578. The van der Waals surface area contributed by atoms with Crippen LogP contribution in [0.2, 0.25) is 0 Å². The van der Waals surface area contributed by atoms with Crippen molar-refractivity contribution in [3.8, 4) is 5.75 Å². The number of benzene rings is 1. The second kappa shape index (κ2) is 5.50. The zero-order valence-electron chi connectivity index (χ0n) is 11.3. The van der Waals surface area contributed by atoms with Crippen LogP contribution in [-0.4, -0.2) is 47.1 Å². The fourth-order valence-corrected chi connectivity index (χ4v) is 2.22. The number of carboxylic acids is 1. The summed E-state index contributed by atoms with van der Waals surface area (Å²) >= 11 is 0. The first-order valence-electron chi connectivity index (χ1n) is 6.50. The Hall–Kier alpha value is -2.08. The highest BCUT2D eigenvalue weighted by molar-refractivity contribution is 5.95. The first-order chi connectivity index (χ1) is 9.46. The van der Waals surface area contributed by atoms with Crippen LogP contribution >= 0.6 is 0 Å². The van der Waals surface area contributed by atoms with Crippen molar-refractivity contribution in [1.82, 2.24) is 4.90 Å². The molecule has 3 N–H and O–H groups in total. The molecule has 0 spiro atoms. The fourth-order valence-electron chi connectivity index (χ4n) is 2.22. The summed E-state index contributed by atoms with van der Waals surface area (Å²) in [5.41, 5.74) is 4.93. The van der Waals surface area contributed by atoms with Gasteiger partial charge in [0, 0.05) is 18.7 Å². The fraction of sp³-hybridized carbons (Fsp3) is 0.429. The first kappa shape index (κ1) is 14.3. The molecule has 0 aromatic heterocycles. The summed E-state index contributed by atoms with van der Waals surface area (Å²) < 4.78 is 5.31. The van der Waals surface area contributed by atoms with Gasteiger partial charge < -0.3 is 20.5 Å². The summed E-state index contributed by atoms with van der Waals surface area (Å²) in [6.07, 6.45) is 0.269. The van der Waals surface area contributed by atoms with E-state index in [1.165, 1.54) is 4.90 Å². The zero-order valence-corrected chi connectivity index (χ0v) is 11.3. The van der Waals surface area contributed by atoms with Crippen molar-refractivity contribution in [2.75, 3.05) is 19.7 Å². The van der Waals surface area contributed by atoms with Crippen molar-refractivity contribution < 1.29 is 19.4 Å². The van der Waals surface area contributed by atoms with E-state index >= 15 is 0 Å². The molecule has 1 atom stereocenters. The maximum absolute atomic E-state index is 12.3. The Kier molecular flexibility index (Phi) is 3.94. The van der Waals surface area contributed by atoms with Gasteiger partial charge in [-0.2, -0.15) is 0 Å². The summed E-state index contributed by atoms with van der Waals surface area (Å²) in [5, 5.41) is 9.06. The Bertz CT molecular complexity index is 514. The zero-order chi connectivity index (χ0) is 14.8. The van der Waals surface area contributed by atoms with Crippen LogP contribution in [0.3, 0.4) is 0 Å². The molecule has 108 valence electrons. The number of carboxylic acid groups (broad SMARTS) is 1. The molecule has 1 saturated heterocycles. The van der Waals surface area contributed by atoms with Crippen molar-refractivity contribution >= 4 is 11.9 Å². The molecule has 1 aliphatic rings. The van der Waals surface area contributed by atoms with Gasteiger partial charge in [-0.15, -0.1) is 0 Å². The summed E-state index contributed by atoms with van der Waals surface area (Å²) in [6, 6.07) is 6.79. The smallest absolute Gasteiger partial charge is 0.325 e. The van der Waals surface area contributed by atoms with Crippen molar-refractivity contribution in [3.63, 3.8) is 0 Å². The summed E-state index contributed by atoms with van der Waals surface area (Å²) in [6.45, 7) is 2.84. The molecular formula is C14H18N2O4. The van der Waals surface area contributed by atoms with Gasteiger partial charge in [-0.05, 0) is 37.6 Å². The number of hydrogen-bond donors (Lipinski definition) is 2. The molecule has 1 amide bonds. The molecule has 6 nitrogen and oxygen atoms in total. The lowest BCUT2D eigenvalue weighted by Crippen LogP contribution is -2.50. The molecule has 1 heterocycles. The second-order valence-electron chi connectivity index (χ2n) is 4.90. The Balaban J connectivity index is 2.07. The number of amides is 1. The van der Waals surface area contributed by atoms with E-state index in [1.807, 2.05) is 6.92 Å². The lowest BCUT2D eigenvalue weighted by molar-refractivity contribution is -0.142. The van der Waals surface area contributed by atoms with Crippen LogP contribution in [0.5, 0.6) is 5.75 Å². The molecule has 1 aromatic rings. The number of aliphatic carboxylic acids is 1. The van der Waals surface area contributed by atoms with E-state index in [0.29, 0.717) is 24.5 Å². The maximum atomic E-state index is 12.3. The molecule has 20 heavy (non-hydrogen) atoms. The van der Waals surface area contributed by atoms with Crippen LogP contribution < -0.4 is 10.5 Å². The van der Waals surface area contributed by atoms with Gasteiger partial charge in [-0.1, -0.05) is 0 Å². The Labute approximate surface area is 117 Å². The number of carbonyl (C=O) groups excluding carboxylic acids is 1. The van der Waals surface area contributed by atoms with Crippen molar-refractivity contribution in [3.05, 3.63) is 29.8 Å². The molecule has 1 aromatic carbocycles. The minimum absolute atomic E-state index is 0.0361. The van der Waals surface area contributed by atoms with Crippen LogP contribution in [0, 0.1) is 0 Å². The van der Waals surface area contributed by atoms with Gasteiger partial charge in [0.05, 0.1) is 6.61 Å². The number of hydrogen-bond acceptors (Lipinski definition) is 4. The van der Waals surface area contributed by atoms with E-state index in [4.69, 9.17) is 15.6 Å². The normalized spacial score (nSPS) is 21.8. The number of ether oxygens (including phenoxy) is 1. The van der Waals surface area contributed by atoms with E-state index < -0.39 is 11.5 Å². The third kappa shape index (κ3) is 2.75. The molecule has 1 unspecified atom stereocenters. The highest BCUT2D eigenvalue weighted by Crippen LogP contribution is 2.22. The predicted molar refractivity (Wildman–Crippen MR) is 72.7 cm³/mol. The summed E-state index contributed by atoms with van der Waals surface area (Å²) in [4.78, 5) is 24.8. The minimum Gasteiger partial charge on any atom is -0.494 e. The number of likely N-dealkylation sites (tertiary alicyclic amines) is 1. The van der Waals surface area contributed by atoms with Crippen LogP contribution in [0.15, 0.2) is 24.3 Å². The first-order valence-corrected chi connectivity index (χ1v) is 6.50. The van der Waals surface area contributed by atoms with E-state index in [2.05, 4.69) is 0 Å². The van der Waals surface area contributed by atoms with Gasteiger partial charge in [0.15, 0.2) is 0 Å². The third-order valence-corrected chi connectivity index (χ3v) is 3.43. The van der Waals surface area contributed by atoms with Gasteiger partial charge in [-0.25, -0.2) is 0 Å². The minimum atomic E-state index is -1.33. The molecule has 2 rings (SSSR count). The highest BCUT2D eigenvalue weighted by atomic mass is 16.5. The quantitative estimate of drug-likeness (QED) is 0.846. The molecule has 6 heteroatoms. The molecule has 0 radical (unpaired) electrons. The topological polar surface area (TPSA) is 92.9 Å². The van der Waals surface area contributed by atoms with E-state index in [-0.39, 0.29) is 18.9 Å². The number of carbonyl (C=O) groups is 2. The lowest BCUT2D eigenvalue weighted by Gasteiger charge is -2.20. The summed E-state index contributed by atoms with van der Waals surface area (Å²) in [7, 11) is 0. The van der Waals surface area contributed by atoms with E-state index in [1.54, 1.807) is 24.3 Å². The molecule has 0 saturated carbocycles. The third-order valence-electron chi connectivity index (χ3n) is 3.43. The lowest BCUT2D eigenvalue weighted by atomic mass is 10.0.